The zero-order chi connectivity index (χ0) is 10.1. The Labute approximate surface area is 80.0 Å². The number of ketones is 1. The molecule has 0 radical (unpaired) electrons. The van der Waals surface area contributed by atoms with E-state index in [1.807, 2.05) is 13.8 Å². The highest BCUT2D eigenvalue weighted by Crippen LogP contribution is 2.31. The van der Waals surface area contributed by atoms with Crippen molar-refractivity contribution in [3.8, 4) is 0 Å². The molecule has 0 saturated heterocycles. The van der Waals surface area contributed by atoms with Crippen LogP contribution in [0.4, 0.5) is 0 Å². The molecule has 2 heteroatoms. The summed E-state index contributed by atoms with van der Waals surface area (Å²) in [7, 11) is 0. The summed E-state index contributed by atoms with van der Waals surface area (Å²) < 4.78 is 5.67. The zero-order valence-electron chi connectivity index (χ0n) is 8.94. The van der Waals surface area contributed by atoms with Crippen LogP contribution in [0.25, 0.3) is 0 Å². The van der Waals surface area contributed by atoms with Crippen molar-refractivity contribution < 1.29 is 9.53 Å². The molecule has 0 saturated carbocycles. The molecule has 1 heterocycles. The summed E-state index contributed by atoms with van der Waals surface area (Å²) in [6.07, 6.45) is 2.38. The summed E-state index contributed by atoms with van der Waals surface area (Å²) in [5.41, 5.74) is 0.795. The summed E-state index contributed by atoms with van der Waals surface area (Å²) in [6.45, 7) is 7.90. The fraction of sp³-hybridized carbons (Fsp3) is 0.727. The third-order valence-electron chi connectivity index (χ3n) is 2.49. The second-order valence-electron chi connectivity index (χ2n) is 4.17. The highest BCUT2D eigenvalue weighted by Gasteiger charge is 2.28. The van der Waals surface area contributed by atoms with Gasteiger partial charge in [-0.1, -0.05) is 6.92 Å². The fourth-order valence-corrected chi connectivity index (χ4v) is 1.68. The molecule has 1 aliphatic rings. The number of rotatable bonds is 2. The van der Waals surface area contributed by atoms with E-state index in [1.165, 1.54) is 0 Å². The van der Waals surface area contributed by atoms with Gasteiger partial charge in [-0.2, -0.15) is 0 Å². The lowest BCUT2D eigenvalue weighted by molar-refractivity contribution is -0.116. The van der Waals surface area contributed by atoms with Gasteiger partial charge in [-0.25, -0.2) is 0 Å². The fourth-order valence-electron chi connectivity index (χ4n) is 1.68. The van der Waals surface area contributed by atoms with Crippen molar-refractivity contribution in [3.63, 3.8) is 0 Å². The number of allylic oxidation sites excluding steroid dienone is 2. The van der Waals surface area contributed by atoms with Crippen molar-refractivity contribution in [1.82, 2.24) is 0 Å². The highest BCUT2D eigenvalue weighted by molar-refractivity contribution is 5.95. The van der Waals surface area contributed by atoms with Crippen molar-refractivity contribution in [1.29, 1.82) is 0 Å². The monoisotopic (exact) mass is 182 g/mol. The molecule has 0 atom stereocenters. The number of ether oxygens (including phenoxy) is 1. The van der Waals surface area contributed by atoms with Crippen LogP contribution in [0, 0.1) is 0 Å². The molecule has 0 amide bonds. The Morgan fingerprint density at radius 2 is 2.15 bits per heavy atom. The molecule has 0 unspecified atom stereocenters. The Kier molecular flexibility index (Phi) is 2.79. The maximum absolute atomic E-state index is 11.5. The summed E-state index contributed by atoms with van der Waals surface area (Å²) in [5.74, 6) is 1.05. The quantitative estimate of drug-likeness (QED) is 0.656. The molecule has 74 valence electrons. The van der Waals surface area contributed by atoms with Gasteiger partial charge in [-0.3, -0.25) is 4.79 Å². The van der Waals surface area contributed by atoms with Gasteiger partial charge in [0.25, 0.3) is 0 Å². The number of hydrogen-bond donors (Lipinski definition) is 0. The predicted molar refractivity (Wildman–Crippen MR) is 52.4 cm³/mol. The van der Waals surface area contributed by atoms with Gasteiger partial charge < -0.3 is 4.74 Å². The standard InChI is InChI=1S/C11H18O2/c1-5-10(12)9-6-7-11(3,4)13-8(9)2/h5-7H2,1-4H3. The van der Waals surface area contributed by atoms with Crippen LogP contribution in [0.5, 0.6) is 0 Å². The van der Waals surface area contributed by atoms with Crippen LogP contribution in [0.1, 0.15) is 47.0 Å². The minimum Gasteiger partial charge on any atom is -0.492 e. The van der Waals surface area contributed by atoms with E-state index in [4.69, 9.17) is 4.74 Å². The first-order valence-corrected chi connectivity index (χ1v) is 4.88. The summed E-state index contributed by atoms with van der Waals surface area (Å²) in [6, 6.07) is 0. The maximum Gasteiger partial charge on any atom is 0.161 e. The molecule has 2 nitrogen and oxygen atoms in total. The van der Waals surface area contributed by atoms with E-state index >= 15 is 0 Å². The van der Waals surface area contributed by atoms with Gasteiger partial charge in [0.15, 0.2) is 5.78 Å². The third kappa shape index (κ3) is 2.33. The van der Waals surface area contributed by atoms with Gasteiger partial charge in [-0.05, 0) is 33.6 Å². The average molecular weight is 182 g/mol. The van der Waals surface area contributed by atoms with Gasteiger partial charge in [0.2, 0.25) is 0 Å². The third-order valence-corrected chi connectivity index (χ3v) is 2.49. The van der Waals surface area contributed by atoms with Gasteiger partial charge in [0.05, 0.1) is 0 Å². The number of Topliss-reactive ketones (excluding diaryl/α,β-unsaturated/α-hetero) is 1. The van der Waals surface area contributed by atoms with Gasteiger partial charge >= 0.3 is 0 Å². The van der Waals surface area contributed by atoms with E-state index in [2.05, 4.69) is 13.8 Å². The Bertz CT molecular complexity index is 249. The first kappa shape index (κ1) is 10.3. The molecule has 13 heavy (non-hydrogen) atoms. The largest absolute Gasteiger partial charge is 0.492 e. The molecule has 1 rings (SSSR count). The second-order valence-corrected chi connectivity index (χ2v) is 4.17. The molecular weight excluding hydrogens is 164 g/mol. The molecule has 0 aromatic rings. The molecule has 0 aliphatic carbocycles. The summed E-state index contributed by atoms with van der Waals surface area (Å²) in [4.78, 5) is 11.5. The van der Waals surface area contributed by atoms with Crippen LogP contribution in [0.2, 0.25) is 0 Å². The molecular formula is C11H18O2. The Hall–Kier alpha value is -0.790. The summed E-state index contributed by atoms with van der Waals surface area (Å²) >= 11 is 0. The average Bonchev–Trinajstić information content (AvgIpc) is 2.01. The minimum absolute atomic E-state index is 0.0956. The molecule has 0 N–H and O–H groups in total. The Morgan fingerprint density at radius 1 is 1.54 bits per heavy atom. The smallest absolute Gasteiger partial charge is 0.161 e. The first-order chi connectivity index (χ1) is 5.96. The molecule has 0 bridgehead atoms. The van der Waals surface area contributed by atoms with Crippen LogP contribution in [-0.4, -0.2) is 11.4 Å². The van der Waals surface area contributed by atoms with E-state index in [1.54, 1.807) is 0 Å². The van der Waals surface area contributed by atoms with Gasteiger partial charge in [0.1, 0.15) is 11.4 Å². The molecule has 0 aromatic heterocycles. The van der Waals surface area contributed by atoms with E-state index in [-0.39, 0.29) is 11.4 Å². The number of hydrogen-bond acceptors (Lipinski definition) is 2. The van der Waals surface area contributed by atoms with Crippen LogP contribution >= 0.6 is 0 Å². The minimum atomic E-state index is -0.0956. The first-order valence-electron chi connectivity index (χ1n) is 4.88. The summed E-state index contributed by atoms with van der Waals surface area (Å²) in [5, 5.41) is 0. The van der Waals surface area contributed by atoms with E-state index < -0.39 is 0 Å². The normalized spacial score (nSPS) is 21.2. The van der Waals surface area contributed by atoms with Crippen LogP contribution in [-0.2, 0) is 9.53 Å². The van der Waals surface area contributed by atoms with E-state index in [0.717, 1.165) is 24.2 Å². The van der Waals surface area contributed by atoms with Crippen molar-refractivity contribution >= 4 is 5.78 Å². The van der Waals surface area contributed by atoms with E-state index in [9.17, 15) is 4.79 Å². The lowest BCUT2D eigenvalue weighted by atomic mass is 9.92. The topological polar surface area (TPSA) is 26.3 Å². The van der Waals surface area contributed by atoms with Crippen molar-refractivity contribution in [3.05, 3.63) is 11.3 Å². The van der Waals surface area contributed by atoms with Crippen molar-refractivity contribution in [2.24, 2.45) is 0 Å². The Morgan fingerprint density at radius 3 is 2.62 bits per heavy atom. The van der Waals surface area contributed by atoms with E-state index in [0.29, 0.717) is 6.42 Å². The number of carbonyl (C=O) groups excluding carboxylic acids is 1. The van der Waals surface area contributed by atoms with Crippen LogP contribution in [0.15, 0.2) is 11.3 Å². The molecule has 1 aliphatic heterocycles. The Balaban J connectivity index is 2.83. The molecule has 0 fully saturated rings. The maximum atomic E-state index is 11.5. The second kappa shape index (κ2) is 3.52. The number of carbonyl (C=O) groups is 1. The van der Waals surface area contributed by atoms with Crippen LogP contribution in [0.3, 0.4) is 0 Å². The molecule has 0 spiro atoms. The molecule has 0 aromatic carbocycles. The SMILES string of the molecule is CCC(=O)C1=C(C)OC(C)(C)CC1. The highest BCUT2D eigenvalue weighted by atomic mass is 16.5. The van der Waals surface area contributed by atoms with Crippen molar-refractivity contribution in [2.75, 3.05) is 0 Å². The van der Waals surface area contributed by atoms with Gasteiger partial charge in [0, 0.05) is 12.0 Å². The van der Waals surface area contributed by atoms with Crippen molar-refractivity contribution in [2.45, 2.75) is 52.6 Å². The lowest BCUT2D eigenvalue weighted by Crippen LogP contribution is -2.29. The van der Waals surface area contributed by atoms with Gasteiger partial charge in [-0.15, -0.1) is 0 Å². The zero-order valence-corrected chi connectivity index (χ0v) is 8.94. The predicted octanol–water partition coefficient (Wildman–Crippen LogP) is 2.83. The lowest BCUT2D eigenvalue weighted by Gasteiger charge is -2.32. The van der Waals surface area contributed by atoms with Crippen LogP contribution < -0.4 is 0 Å².